The predicted octanol–water partition coefficient (Wildman–Crippen LogP) is 2.18. The van der Waals surface area contributed by atoms with Crippen molar-refractivity contribution >= 4 is 22.6 Å². The fraction of sp³-hybridized carbons (Fsp3) is 0.214. The molecule has 2 amide bonds. The van der Waals surface area contributed by atoms with Crippen molar-refractivity contribution in [1.29, 1.82) is 0 Å². The van der Waals surface area contributed by atoms with Crippen molar-refractivity contribution in [3.8, 4) is 0 Å². The Labute approximate surface area is 111 Å². The molecular weight excluding hydrogens is 242 g/mol. The number of carbonyl (C=O) groups excluding carboxylic acids is 1. The van der Waals surface area contributed by atoms with Crippen molar-refractivity contribution in [2.45, 2.75) is 0 Å². The van der Waals surface area contributed by atoms with E-state index in [0.717, 1.165) is 16.6 Å². The summed E-state index contributed by atoms with van der Waals surface area (Å²) in [5.74, 6) is 0. The predicted molar refractivity (Wildman–Crippen MR) is 76.2 cm³/mol. The molecular formula is C14H17N3O2. The lowest BCUT2D eigenvalue weighted by Crippen LogP contribution is -2.37. The van der Waals surface area contributed by atoms with Crippen LogP contribution in [0.4, 0.5) is 10.5 Å². The number of aromatic amines is 1. The molecule has 19 heavy (non-hydrogen) atoms. The van der Waals surface area contributed by atoms with Crippen LogP contribution in [0.2, 0.25) is 0 Å². The first-order valence-electron chi connectivity index (χ1n) is 6.09. The van der Waals surface area contributed by atoms with Gasteiger partial charge in [0.25, 0.3) is 0 Å². The summed E-state index contributed by atoms with van der Waals surface area (Å²) in [7, 11) is 0. The normalized spacial score (nSPS) is 10.4. The fourth-order valence-corrected chi connectivity index (χ4v) is 1.89. The van der Waals surface area contributed by atoms with Crippen LogP contribution in [-0.2, 0) is 0 Å². The number of hydrogen-bond donors (Lipinski definition) is 3. The molecule has 2 rings (SSSR count). The van der Waals surface area contributed by atoms with Gasteiger partial charge in [-0.3, -0.25) is 0 Å². The topological polar surface area (TPSA) is 68.4 Å². The molecule has 0 aliphatic carbocycles. The van der Waals surface area contributed by atoms with E-state index in [-0.39, 0.29) is 19.2 Å². The molecule has 2 aromatic rings. The number of anilines is 1. The van der Waals surface area contributed by atoms with Crippen molar-refractivity contribution in [3.05, 3.63) is 43.1 Å². The first-order chi connectivity index (χ1) is 9.24. The molecule has 100 valence electrons. The fourth-order valence-electron chi connectivity index (χ4n) is 1.89. The average molecular weight is 259 g/mol. The van der Waals surface area contributed by atoms with Crippen LogP contribution < -0.4 is 5.32 Å². The highest BCUT2D eigenvalue weighted by Gasteiger charge is 2.11. The highest BCUT2D eigenvalue weighted by molar-refractivity contribution is 5.92. The molecule has 0 bridgehead atoms. The highest BCUT2D eigenvalue weighted by Crippen LogP contribution is 2.18. The molecule has 0 atom stereocenters. The van der Waals surface area contributed by atoms with Gasteiger partial charge in [-0.1, -0.05) is 6.08 Å². The van der Waals surface area contributed by atoms with Crippen LogP contribution in [0.25, 0.3) is 10.9 Å². The van der Waals surface area contributed by atoms with Gasteiger partial charge in [0, 0.05) is 35.9 Å². The number of aromatic nitrogens is 1. The van der Waals surface area contributed by atoms with Gasteiger partial charge in [-0.05, 0) is 24.3 Å². The molecule has 0 aliphatic rings. The minimum Gasteiger partial charge on any atom is -0.395 e. The quantitative estimate of drug-likeness (QED) is 0.720. The van der Waals surface area contributed by atoms with E-state index >= 15 is 0 Å². The summed E-state index contributed by atoms with van der Waals surface area (Å²) in [4.78, 5) is 16.6. The third kappa shape index (κ3) is 3.14. The van der Waals surface area contributed by atoms with E-state index in [1.54, 1.807) is 6.08 Å². The molecule has 0 saturated carbocycles. The Kier molecular flexibility index (Phi) is 4.20. The number of H-pyrrole nitrogens is 1. The largest absolute Gasteiger partial charge is 0.395 e. The standard InChI is InChI=1S/C14H17N3O2/c1-2-7-17(8-9-18)14(19)16-12-3-4-13-11(10-12)5-6-15-13/h2-6,10,15,18H,1,7-9H2,(H,16,19). The summed E-state index contributed by atoms with van der Waals surface area (Å²) < 4.78 is 0. The van der Waals surface area contributed by atoms with Gasteiger partial charge >= 0.3 is 6.03 Å². The molecule has 0 aliphatic heterocycles. The Morgan fingerprint density at radius 1 is 1.47 bits per heavy atom. The lowest BCUT2D eigenvalue weighted by atomic mass is 10.2. The van der Waals surface area contributed by atoms with E-state index in [4.69, 9.17) is 5.11 Å². The number of carbonyl (C=O) groups is 1. The van der Waals surface area contributed by atoms with Crippen LogP contribution in [0.3, 0.4) is 0 Å². The number of hydrogen-bond acceptors (Lipinski definition) is 2. The average Bonchev–Trinajstić information content (AvgIpc) is 2.86. The van der Waals surface area contributed by atoms with Gasteiger partial charge in [0.15, 0.2) is 0 Å². The second-order valence-corrected chi connectivity index (χ2v) is 4.17. The van der Waals surface area contributed by atoms with E-state index in [1.165, 1.54) is 4.90 Å². The number of aliphatic hydroxyl groups excluding tert-OH is 1. The zero-order chi connectivity index (χ0) is 13.7. The number of rotatable bonds is 5. The summed E-state index contributed by atoms with van der Waals surface area (Å²) in [6.45, 7) is 4.21. The van der Waals surface area contributed by atoms with Gasteiger partial charge in [-0.25, -0.2) is 4.79 Å². The smallest absolute Gasteiger partial charge is 0.322 e. The lowest BCUT2D eigenvalue weighted by molar-refractivity contribution is 0.195. The summed E-state index contributed by atoms with van der Waals surface area (Å²) >= 11 is 0. The molecule has 1 aromatic carbocycles. The third-order valence-corrected chi connectivity index (χ3v) is 2.81. The second kappa shape index (κ2) is 6.06. The van der Waals surface area contributed by atoms with Crippen LogP contribution in [0, 0.1) is 0 Å². The zero-order valence-electron chi connectivity index (χ0n) is 10.6. The molecule has 0 unspecified atom stereocenters. The van der Waals surface area contributed by atoms with Crippen LogP contribution in [0.5, 0.6) is 0 Å². The molecule has 0 spiro atoms. The van der Waals surface area contributed by atoms with E-state index in [9.17, 15) is 4.79 Å². The van der Waals surface area contributed by atoms with Crippen LogP contribution in [0.1, 0.15) is 0 Å². The number of fused-ring (bicyclic) bond motifs is 1. The van der Waals surface area contributed by atoms with Gasteiger partial charge in [0.05, 0.1) is 6.61 Å². The molecule has 0 fully saturated rings. The van der Waals surface area contributed by atoms with Crippen LogP contribution in [0.15, 0.2) is 43.1 Å². The summed E-state index contributed by atoms with van der Waals surface area (Å²) in [5, 5.41) is 12.8. The van der Waals surface area contributed by atoms with Gasteiger partial charge in [-0.2, -0.15) is 0 Å². The Morgan fingerprint density at radius 3 is 3.05 bits per heavy atom. The minimum absolute atomic E-state index is 0.0713. The molecule has 5 heteroatoms. The third-order valence-electron chi connectivity index (χ3n) is 2.81. The highest BCUT2D eigenvalue weighted by atomic mass is 16.3. The second-order valence-electron chi connectivity index (χ2n) is 4.17. The van der Waals surface area contributed by atoms with Crippen LogP contribution in [-0.4, -0.2) is 40.7 Å². The van der Waals surface area contributed by atoms with E-state index in [2.05, 4.69) is 16.9 Å². The van der Waals surface area contributed by atoms with Gasteiger partial charge in [-0.15, -0.1) is 6.58 Å². The Morgan fingerprint density at radius 2 is 2.32 bits per heavy atom. The number of nitrogens with zero attached hydrogens (tertiary/aromatic N) is 1. The molecule has 3 N–H and O–H groups in total. The van der Waals surface area contributed by atoms with Gasteiger partial charge < -0.3 is 20.3 Å². The molecule has 0 saturated heterocycles. The Bertz CT molecular complexity index is 577. The maximum atomic E-state index is 12.0. The van der Waals surface area contributed by atoms with E-state index in [1.807, 2.05) is 30.5 Å². The summed E-state index contributed by atoms with van der Waals surface area (Å²) in [5.41, 5.74) is 1.75. The maximum Gasteiger partial charge on any atom is 0.322 e. The number of benzene rings is 1. The molecule has 0 radical (unpaired) electrons. The first kappa shape index (κ1) is 13.2. The van der Waals surface area contributed by atoms with Crippen molar-refractivity contribution in [3.63, 3.8) is 0 Å². The minimum atomic E-state index is -0.246. The SMILES string of the molecule is C=CCN(CCO)C(=O)Nc1ccc2[nH]ccc2c1. The number of aliphatic hydroxyl groups is 1. The zero-order valence-corrected chi connectivity index (χ0v) is 10.6. The lowest BCUT2D eigenvalue weighted by Gasteiger charge is -2.20. The Hall–Kier alpha value is -2.27. The van der Waals surface area contributed by atoms with E-state index < -0.39 is 0 Å². The number of amides is 2. The number of nitrogens with one attached hydrogen (secondary N) is 2. The molecule has 5 nitrogen and oxygen atoms in total. The van der Waals surface area contributed by atoms with Crippen LogP contribution >= 0.6 is 0 Å². The summed E-state index contributed by atoms with van der Waals surface area (Å²) in [6, 6.07) is 7.34. The van der Waals surface area contributed by atoms with Gasteiger partial charge in [0.2, 0.25) is 0 Å². The summed E-state index contributed by atoms with van der Waals surface area (Å²) in [6.07, 6.45) is 3.48. The van der Waals surface area contributed by atoms with Crippen molar-refractivity contribution < 1.29 is 9.90 Å². The number of urea groups is 1. The molecule has 1 aromatic heterocycles. The van der Waals surface area contributed by atoms with E-state index in [0.29, 0.717) is 6.54 Å². The van der Waals surface area contributed by atoms with Gasteiger partial charge in [0.1, 0.15) is 0 Å². The van der Waals surface area contributed by atoms with Crippen molar-refractivity contribution in [2.75, 3.05) is 25.0 Å². The monoisotopic (exact) mass is 259 g/mol. The van der Waals surface area contributed by atoms with Crippen molar-refractivity contribution in [1.82, 2.24) is 9.88 Å². The maximum absolute atomic E-state index is 12.0. The Balaban J connectivity index is 2.09. The van der Waals surface area contributed by atoms with Crippen molar-refractivity contribution in [2.24, 2.45) is 0 Å². The molecule has 1 heterocycles. The first-order valence-corrected chi connectivity index (χ1v) is 6.09.